The number of aromatic nitrogens is 2. The molecule has 1 radical (unpaired) electrons. The van der Waals surface area contributed by atoms with E-state index in [0.717, 1.165) is 17.7 Å². The standard InChI is InChI=1S/C7H9N2O/c1-3-6-5(2)8-9-7(6)4-10/h3H2,1-2H3,(H,8,9). The van der Waals surface area contributed by atoms with E-state index in [1.807, 2.05) is 13.8 Å². The van der Waals surface area contributed by atoms with Crippen molar-refractivity contribution in [3.8, 4) is 0 Å². The fourth-order valence-corrected chi connectivity index (χ4v) is 0.973. The smallest absolute Gasteiger partial charge is 0.253 e. The molecule has 1 rings (SSSR count). The second kappa shape index (κ2) is 2.64. The van der Waals surface area contributed by atoms with E-state index in [-0.39, 0.29) is 0 Å². The highest BCUT2D eigenvalue weighted by Crippen LogP contribution is 2.07. The van der Waals surface area contributed by atoms with Crippen molar-refractivity contribution in [2.75, 3.05) is 0 Å². The SMILES string of the molecule is CCc1c(C)n[nH]c1[C]=O. The highest BCUT2D eigenvalue weighted by atomic mass is 16.1. The molecule has 0 aromatic carbocycles. The lowest BCUT2D eigenvalue weighted by atomic mass is 10.1. The number of carbonyl (C=O) groups excluding carboxylic acids is 1. The number of aromatic amines is 1. The van der Waals surface area contributed by atoms with E-state index >= 15 is 0 Å². The molecule has 0 spiro atoms. The third-order valence-electron chi connectivity index (χ3n) is 1.53. The molecular weight excluding hydrogens is 128 g/mol. The molecule has 53 valence electrons. The Balaban J connectivity index is 3.12. The van der Waals surface area contributed by atoms with Crippen molar-refractivity contribution in [3.05, 3.63) is 17.0 Å². The lowest BCUT2D eigenvalue weighted by molar-refractivity contribution is 0.561. The fourth-order valence-electron chi connectivity index (χ4n) is 0.973. The molecule has 3 heteroatoms. The molecule has 1 heterocycles. The van der Waals surface area contributed by atoms with Gasteiger partial charge < -0.3 is 0 Å². The van der Waals surface area contributed by atoms with Gasteiger partial charge in [-0.15, -0.1) is 0 Å². The van der Waals surface area contributed by atoms with Crippen LogP contribution in [0.2, 0.25) is 0 Å². The topological polar surface area (TPSA) is 45.8 Å². The first-order chi connectivity index (χ1) is 4.79. The Morgan fingerprint density at radius 2 is 2.40 bits per heavy atom. The van der Waals surface area contributed by atoms with Gasteiger partial charge in [-0.2, -0.15) is 5.10 Å². The summed E-state index contributed by atoms with van der Waals surface area (Å²) in [5, 5.41) is 6.47. The van der Waals surface area contributed by atoms with Gasteiger partial charge in [-0.25, -0.2) is 0 Å². The Morgan fingerprint density at radius 1 is 1.70 bits per heavy atom. The van der Waals surface area contributed by atoms with Crippen LogP contribution in [0.25, 0.3) is 0 Å². The van der Waals surface area contributed by atoms with Gasteiger partial charge in [0, 0.05) is 5.56 Å². The molecule has 0 bridgehead atoms. The Kier molecular flexibility index (Phi) is 1.85. The minimum Gasteiger partial charge on any atom is -0.283 e. The van der Waals surface area contributed by atoms with E-state index in [9.17, 15) is 4.79 Å². The fraction of sp³-hybridized carbons (Fsp3) is 0.429. The highest BCUT2D eigenvalue weighted by molar-refractivity contribution is 5.75. The number of hydrogen-bond acceptors (Lipinski definition) is 2. The molecule has 1 aromatic rings. The van der Waals surface area contributed by atoms with Crippen molar-refractivity contribution in [1.29, 1.82) is 0 Å². The average molecular weight is 137 g/mol. The van der Waals surface area contributed by atoms with E-state index in [2.05, 4.69) is 10.2 Å². The Hall–Kier alpha value is -1.12. The van der Waals surface area contributed by atoms with Gasteiger partial charge in [-0.05, 0) is 13.3 Å². The zero-order valence-corrected chi connectivity index (χ0v) is 6.06. The van der Waals surface area contributed by atoms with Crippen molar-refractivity contribution >= 4 is 6.29 Å². The van der Waals surface area contributed by atoms with Crippen LogP contribution in [0.15, 0.2) is 0 Å². The molecule has 0 fully saturated rings. The quantitative estimate of drug-likeness (QED) is 0.653. The number of hydrogen-bond donors (Lipinski definition) is 1. The van der Waals surface area contributed by atoms with Gasteiger partial charge in [0.05, 0.1) is 5.69 Å². The molecule has 0 saturated heterocycles. The normalized spacial score (nSPS) is 9.80. The zero-order chi connectivity index (χ0) is 7.56. The number of nitrogens with zero attached hydrogens (tertiary/aromatic N) is 1. The van der Waals surface area contributed by atoms with Crippen molar-refractivity contribution in [2.24, 2.45) is 0 Å². The maximum absolute atomic E-state index is 10.2. The van der Waals surface area contributed by atoms with Crippen LogP contribution in [-0.2, 0) is 11.2 Å². The average Bonchev–Trinajstić information content (AvgIpc) is 2.30. The van der Waals surface area contributed by atoms with Crippen LogP contribution in [0.5, 0.6) is 0 Å². The van der Waals surface area contributed by atoms with Crippen LogP contribution in [0, 0.1) is 6.92 Å². The Morgan fingerprint density at radius 3 is 2.80 bits per heavy atom. The predicted octanol–water partition coefficient (Wildman–Crippen LogP) is 0.738. The summed E-state index contributed by atoms with van der Waals surface area (Å²) in [4.78, 5) is 10.2. The Labute approximate surface area is 59.4 Å². The lowest BCUT2D eigenvalue weighted by Crippen LogP contribution is -1.87. The molecule has 0 aliphatic rings. The van der Waals surface area contributed by atoms with Gasteiger partial charge in [0.1, 0.15) is 5.69 Å². The maximum atomic E-state index is 10.2. The van der Waals surface area contributed by atoms with E-state index in [1.54, 1.807) is 6.29 Å². The van der Waals surface area contributed by atoms with Crippen molar-refractivity contribution in [1.82, 2.24) is 10.2 Å². The van der Waals surface area contributed by atoms with Crippen molar-refractivity contribution < 1.29 is 4.79 Å². The van der Waals surface area contributed by atoms with Gasteiger partial charge in [-0.3, -0.25) is 9.89 Å². The van der Waals surface area contributed by atoms with Crippen molar-refractivity contribution in [2.45, 2.75) is 20.3 Å². The van der Waals surface area contributed by atoms with Gasteiger partial charge in [-0.1, -0.05) is 6.92 Å². The van der Waals surface area contributed by atoms with Crippen LogP contribution < -0.4 is 0 Å². The summed E-state index contributed by atoms with van der Waals surface area (Å²) >= 11 is 0. The second-order valence-electron chi connectivity index (χ2n) is 2.12. The number of nitrogens with one attached hydrogen (secondary N) is 1. The first kappa shape index (κ1) is 6.99. The van der Waals surface area contributed by atoms with E-state index in [0.29, 0.717) is 5.69 Å². The molecule has 0 atom stereocenters. The minimum absolute atomic E-state index is 0.486. The van der Waals surface area contributed by atoms with Crippen LogP contribution >= 0.6 is 0 Å². The first-order valence-corrected chi connectivity index (χ1v) is 3.21. The minimum atomic E-state index is 0.486. The number of rotatable bonds is 2. The van der Waals surface area contributed by atoms with Crippen molar-refractivity contribution in [3.63, 3.8) is 0 Å². The lowest BCUT2D eigenvalue weighted by Gasteiger charge is -1.89. The second-order valence-corrected chi connectivity index (χ2v) is 2.12. The summed E-state index contributed by atoms with van der Waals surface area (Å²) in [7, 11) is 0. The molecule has 3 nitrogen and oxygen atoms in total. The number of H-pyrrole nitrogens is 1. The molecule has 0 saturated carbocycles. The first-order valence-electron chi connectivity index (χ1n) is 3.21. The van der Waals surface area contributed by atoms with Gasteiger partial charge >= 0.3 is 0 Å². The maximum Gasteiger partial charge on any atom is 0.253 e. The van der Waals surface area contributed by atoms with Gasteiger partial charge in [0.2, 0.25) is 0 Å². The third-order valence-corrected chi connectivity index (χ3v) is 1.53. The number of aryl methyl sites for hydroxylation is 1. The van der Waals surface area contributed by atoms with Crippen LogP contribution in [0.1, 0.15) is 23.9 Å². The molecule has 0 amide bonds. The van der Waals surface area contributed by atoms with E-state index in [4.69, 9.17) is 0 Å². The summed E-state index contributed by atoms with van der Waals surface area (Å²) in [5.74, 6) is 0. The monoisotopic (exact) mass is 137 g/mol. The predicted molar refractivity (Wildman–Crippen MR) is 37.5 cm³/mol. The van der Waals surface area contributed by atoms with Crippen LogP contribution in [0.3, 0.4) is 0 Å². The summed E-state index contributed by atoms with van der Waals surface area (Å²) in [6, 6.07) is 0. The third kappa shape index (κ3) is 0.943. The van der Waals surface area contributed by atoms with Crippen LogP contribution in [0.4, 0.5) is 0 Å². The molecule has 0 aliphatic heterocycles. The molecule has 10 heavy (non-hydrogen) atoms. The summed E-state index contributed by atoms with van der Waals surface area (Å²) in [6.45, 7) is 3.86. The summed E-state index contributed by atoms with van der Waals surface area (Å²) in [5.41, 5.74) is 2.34. The highest BCUT2D eigenvalue weighted by Gasteiger charge is 2.05. The molecule has 0 unspecified atom stereocenters. The molecule has 1 N–H and O–H groups in total. The van der Waals surface area contributed by atoms with E-state index in [1.165, 1.54) is 0 Å². The Bertz CT molecular complexity index is 240. The summed E-state index contributed by atoms with van der Waals surface area (Å²) < 4.78 is 0. The molecular formula is C7H9N2O. The van der Waals surface area contributed by atoms with Crippen LogP contribution in [-0.4, -0.2) is 16.5 Å². The zero-order valence-electron chi connectivity index (χ0n) is 6.06. The molecule has 1 aromatic heterocycles. The van der Waals surface area contributed by atoms with Gasteiger partial charge in [0.15, 0.2) is 0 Å². The van der Waals surface area contributed by atoms with E-state index < -0.39 is 0 Å². The molecule has 0 aliphatic carbocycles. The van der Waals surface area contributed by atoms with Gasteiger partial charge in [0.25, 0.3) is 6.29 Å². The summed E-state index contributed by atoms with van der Waals surface area (Å²) in [6.07, 6.45) is 2.63. The largest absolute Gasteiger partial charge is 0.283 e.